The van der Waals surface area contributed by atoms with Crippen molar-refractivity contribution in [1.82, 2.24) is 0 Å². The first kappa shape index (κ1) is 14.1. The molecule has 0 aromatic heterocycles. The average Bonchev–Trinajstić information content (AvgIpc) is 2.84. The molecule has 5 heteroatoms. The lowest BCUT2D eigenvalue weighted by molar-refractivity contribution is 0.589. The summed E-state index contributed by atoms with van der Waals surface area (Å²) in [6.07, 6.45) is 0. The lowest BCUT2D eigenvalue weighted by Gasteiger charge is -2.27. The summed E-state index contributed by atoms with van der Waals surface area (Å²) >= 11 is 3.41. The first-order valence-electron chi connectivity index (χ1n) is 6.67. The third-order valence-corrected chi connectivity index (χ3v) is 4.13. The average molecular weight is 348 g/mol. The van der Waals surface area contributed by atoms with Gasteiger partial charge in [-0.05, 0) is 37.3 Å². The summed E-state index contributed by atoms with van der Waals surface area (Å²) < 4.78 is 15.2. The van der Waals surface area contributed by atoms with Crippen LogP contribution < -0.4 is 10.6 Å². The topological polar surface area (TPSA) is 41.6 Å². The Balaban J connectivity index is 2.02. The molecule has 0 spiro atoms. The Labute approximate surface area is 131 Å². The molecule has 0 aliphatic carbocycles. The van der Waals surface area contributed by atoms with Crippen molar-refractivity contribution in [2.45, 2.75) is 13.0 Å². The van der Waals surface area contributed by atoms with E-state index in [1.54, 1.807) is 6.07 Å². The molecule has 1 unspecified atom stereocenters. The Morgan fingerprint density at radius 2 is 1.95 bits per heavy atom. The molecule has 2 N–H and O–H groups in total. The van der Waals surface area contributed by atoms with Crippen LogP contribution in [0.5, 0.6) is 0 Å². The SMILES string of the molecule is Cc1ccc(F)c(C2CN=C(N)N2c2ccc(Br)cc2)c1. The Morgan fingerprint density at radius 1 is 1.24 bits per heavy atom. The summed E-state index contributed by atoms with van der Waals surface area (Å²) in [5.41, 5.74) is 8.56. The van der Waals surface area contributed by atoms with E-state index in [1.165, 1.54) is 6.07 Å². The van der Waals surface area contributed by atoms with E-state index in [0.29, 0.717) is 18.1 Å². The lowest BCUT2D eigenvalue weighted by atomic mass is 10.0. The van der Waals surface area contributed by atoms with Gasteiger partial charge in [-0.25, -0.2) is 4.39 Å². The zero-order chi connectivity index (χ0) is 15.0. The standard InChI is InChI=1S/C16H15BrFN3/c1-10-2-7-14(18)13(8-10)15-9-20-16(19)21(15)12-5-3-11(17)4-6-12/h2-8,15H,9H2,1H3,(H2,19,20). The fourth-order valence-corrected chi connectivity index (χ4v) is 2.83. The van der Waals surface area contributed by atoms with E-state index < -0.39 is 0 Å². The van der Waals surface area contributed by atoms with Gasteiger partial charge < -0.3 is 10.6 Å². The van der Waals surface area contributed by atoms with Crippen molar-refractivity contribution in [3.8, 4) is 0 Å². The summed E-state index contributed by atoms with van der Waals surface area (Å²) in [6.45, 7) is 2.41. The van der Waals surface area contributed by atoms with Crippen molar-refractivity contribution in [1.29, 1.82) is 0 Å². The van der Waals surface area contributed by atoms with Crippen LogP contribution in [0, 0.1) is 12.7 Å². The minimum atomic E-state index is -0.224. The maximum absolute atomic E-state index is 14.2. The lowest BCUT2D eigenvalue weighted by Crippen LogP contribution is -2.36. The summed E-state index contributed by atoms with van der Waals surface area (Å²) in [5, 5.41) is 0. The first-order chi connectivity index (χ1) is 10.1. The van der Waals surface area contributed by atoms with E-state index in [9.17, 15) is 4.39 Å². The second-order valence-corrected chi connectivity index (χ2v) is 6.00. The highest BCUT2D eigenvalue weighted by molar-refractivity contribution is 9.10. The summed E-state index contributed by atoms with van der Waals surface area (Å²) in [7, 11) is 0. The number of guanidine groups is 1. The van der Waals surface area contributed by atoms with Gasteiger partial charge >= 0.3 is 0 Å². The third-order valence-electron chi connectivity index (χ3n) is 3.60. The van der Waals surface area contributed by atoms with Crippen LogP contribution in [0.15, 0.2) is 51.9 Å². The molecular formula is C16H15BrFN3. The maximum atomic E-state index is 14.2. The molecule has 3 rings (SSSR count). The van der Waals surface area contributed by atoms with E-state index in [-0.39, 0.29) is 11.9 Å². The number of hydrogen-bond acceptors (Lipinski definition) is 3. The molecule has 108 valence electrons. The Kier molecular flexibility index (Phi) is 3.68. The van der Waals surface area contributed by atoms with Crippen LogP contribution >= 0.6 is 15.9 Å². The minimum Gasteiger partial charge on any atom is -0.369 e. The molecule has 2 aromatic carbocycles. The normalized spacial score (nSPS) is 18.0. The molecule has 1 heterocycles. The van der Waals surface area contributed by atoms with Gasteiger partial charge in [-0.2, -0.15) is 0 Å². The molecule has 21 heavy (non-hydrogen) atoms. The number of nitrogens with zero attached hydrogens (tertiary/aromatic N) is 2. The Morgan fingerprint density at radius 3 is 2.67 bits per heavy atom. The molecule has 1 aliphatic rings. The number of halogens is 2. The van der Waals surface area contributed by atoms with E-state index in [1.807, 2.05) is 42.2 Å². The van der Waals surface area contributed by atoms with Crippen LogP contribution in [0.25, 0.3) is 0 Å². The first-order valence-corrected chi connectivity index (χ1v) is 7.46. The van der Waals surface area contributed by atoms with Crippen LogP contribution in [0.2, 0.25) is 0 Å². The smallest absolute Gasteiger partial charge is 0.196 e. The highest BCUT2D eigenvalue weighted by Gasteiger charge is 2.30. The number of aliphatic imine (C=N–C) groups is 1. The van der Waals surface area contributed by atoms with E-state index in [4.69, 9.17) is 5.73 Å². The number of anilines is 1. The van der Waals surface area contributed by atoms with E-state index >= 15 is 0 Å². The van der Waals surface area contributed by atoms with Crippen LogP contribution in [-0.4, -0.2) is 12.5 Å². The highest BCUT2D eigenvalue weighted by atomic mass is 79.9. The minimum absolute atomic E-state index is 0.203. The molecule has 0 radical (unpaired) electrons. The van der Waals surface area contributed by atoms with Crippen LogP contribution in [0.4, 0.5) is 10.1 Å². The van der Waals surface area contributed by atoms with Crippen molar-refractivity contribution in [2.75, 3.05) is 11.4 Å². The Bertz CT molecular complexity index is 697. The number of hydrogen-bond donors (Lipinski definition) is 1. The number of aryl methyl sites for hydroxylation is 1. The molecule has 0 amide bonds. The molecule has 1 aliphatic heterocycles. The van der Waals surface area contributed by atoms with Crippen molar-refractivity contribution >= 4 is 27.6 Å². The molecule has 1 atom stereocenters. The molecule has 0 bridgehead atoms. The summed E-state index contributed by atoms with van der Waals surface area (Å²) in [4.78, 5) is 6.17. The van der Waals surface area contributed by atoms with Gasteiger partial charge in [0.1, 0.15) is 5.82 Å². The second-order valence-electron chi connectivity index (χ2n) is 5.09. The fourth-order valence-electron chi connectivity index (χ4n) is 2.57. The van der Waals surface area contributed by atoms with Gasteiger partial charge in [0.05, 0.1) is 12.6 Å². The number of rotatable bonds is 2. The fraction of sp³-hybridized carbons (Fsp3) is 0.188. The molecule has 0 fully saturated rings. The molecule has 2 aromatic rings. The highest BCUT2D eigenvalue weighted by Crippen LogP contribution is 2.33. The van der Waals surface area contributed by atoms with Crippen LogP contribution in [-0.2, 0) is 0 Å². The van der Waals surface area contributed by atoms with Crippen molar-refractivity contribution < 1.29 is 4.39 Å². The largest absolute Gasteiger partial charge is 0.369 e. The molecule has 3 nitrogen and oxygen atoms in total. The zero-order valence-electron chi connectivity index (χ0n) is 11.6. The van der Waals surface area contributed by atoms with Gasteiger partial charge in [0.2, 0.25) is 0 Å². The number of nitrogens with two attached hydrogens (primary N) is 1. The zero-order valence-corrected chi connectivity index (χ0v) is 13.1. The van der Waals surface area contributed by atoms with Gasteiger partial charge in [-0.15, -0.1) is 0 Å². The maximum Gasteiger partial charge on any atom is 0.196 e. The van der Waals surface area contributed by atoms with Crippen LogP contribution in [0.1, 0.15) is 17.2 Å². The monoisotopic (exact) mass is 347 g/mol. The second kappa shape index (κ2) is 5.48. The van der Waals surface area contributed by atoms with Crippen molar-refractivity contribution in [3.63, 3.8) is 0 Å². The van der Waals surface area contributed by atoms with Crippen molar-refractivity contribution in [3.05, 3.63) is 63.9 Å². The molecular weight excluding hydrogens is 333 g/mol. The Hall–Kier alpha value is -1.88. The third kappa shape index (κ3) is 2.65. The van der Waals surface area contributed by atoms with E-state index in [0.717, 1.165) is 15.7 Å². The van der Waals surface area contributed by atoms with Gasteiger partial charge in [0.15, 0.2) is 5.96 Å². The molecule has 0 saturated carbocycles. The number of benzene rings is 2. The quantitative estimate of drug-likeness (QED) is 0.898. The van der Waals surface area contributed by atoms with Crippen molar-refractivity contribution in [2.24, 2.45) is 10.7 Å². The van der Waals surface area contributed by atoms with Gasteiger partial charge in [-0.1, -0.05) is 33.6 Å². The summed E-state index contributed by atoms with van der Waals surface area (Å²) in [6, 6.07) is 12.7. The van der Waals surface area contributed by atoms with Crippen LogP contribution in [0.3, 0.4) is 0 Å². The van der Waals surface area contributed by atoms with Gasteiger partial charge in [-0.3, -0.25) is 4.99 Å². The van der Waals surface area contributed by atoms with Gasteiger partial charge in [0.25, 0.3) is 0 Å². The van der Waals surface area contributed by atoms with Gasteiger partial charge in [0, 0.05) is 15.7 Å². The molecule has 0 saturated heterocycles. The predicted octanol–water partition coefficient (Wildman–Crippen LogP) is 3.77. The summed E-state index contributed by atoms with van der Waals surface area (Å²) in [5.74, 6) is 0.195. The van der Waals surface area contributed by atoms with E-state index in [2.05, 4.69) is 20.9 Å². The predicted molar refractivity (Wildman–Crippen MR) is 87.0 cm³/mol.